The van der Waals surface area contributed by atoms with Gasteiger partial charge in [-0.1, -0.05) is 18.2 Å². The van der Waals surface area contributed by atoms with Crippen LogP contribution in [0.15, 0.2) is 67.0 Å². The number of piperazine rings is 1. The van der Waals surface area contributed by atoms with Crippen molar-refractivity contribution in [3.63, 3.8) is 0 Å². The molecule has 3 aromatic rings. The van der Waals surface area contributed by atoms with Gasteiger partial charge >= 0.3 is 0 Å². The lowest BCUT2D eigenvalue weighted by Crippen LogP contribution is -2.48. The molecule has 1 aliphatic rings. The zero-order chi connectivity index (χ0) is 20.1. The van der Waals surface area contributed by atoms with Crippen molar-refractivity contribution < 1.29 is 9.18 Å². The number of halogens is 1. The van der Waals surface area contributed by atoms with E-state index >= 15 is 0 Å². The Bertz CT molecular complexity index is 974. The average Bonchev–Trinajstić information content (AvgIpc) is 2.77. The summed E-state index contributed by atoms with van der Waals surface area (Å²) in [5.74, 6) is -0.132. The van der Waals surface area contributed by atoms with Crippen LogP contribution < -0.4 is 5.32 Å². The Balaban J connectivity index is 1.42. The van der Waals surface area contributed by atoms with Gasteiger partial charge in [0.1, 0.15) is 11.6 Å². The van der Waals surface area contributed by atoms with Crippen LogP contribution in [0.3, 0.4) is 0 Å². The second-order valence-electron chi connectivity index (χ2n) is 6.89. The van der Waals surface area contributed by atoms with Crippen LogP contribution in [-0.4, -0.2) is 51.9 Å². The first kappa shape index (κ1) is 19.0. The number of aromatic nitrogens is 2. The van der Waals surface area contributed by atoms with E-state index in [1.165, 1.54) is 6.07 Å². The van der Waals surface area contributed by atoms with Gasteiger partial charge in [0.25, 0.3) is 5.91 Å². The molecule has 1 aliphatic heterocycles. The zero-order valence-corrected chi connectivity index (χ0v) is 16.0. The minimum atomic E-state index is -0.389. The number of anilines is 2. The summed E-state index contributed by atoms with van der Waals surface area (Å²) in [5.41, 5.74) is 1.75. The van der Waals surface area contributed by atoms with Crippen molar-refractivity contribution >= 4 is 17.4 Å². The molecule has 4 rings (SSSR count). The fraction of sp³-hybridized carbons (Fsp3) is 0.227. The largest absolute Gasteiger partial charge is 0.337 e. The highest BCUT2D eigenvalue weighted by Gasteiger charge is 2.24. The molecule has 1 saturated heterocycles. The van der Waals surface area contributed by atoms with E-state index < -0.39 is 0 Å². The third-order valence-corrected chi connectivity index (χ3v) is 4.94. The second kappa shape index (κ2) is 8.79. The Hall–Kier alpha value is -3.32. The van der Waals surface area contributed by atoms with Crippen molar-refractivity contribution in [2.45, 2.75) is 6.54 Å². The van der Waals surface area contributed by atoms with Crippen LogP contribution >= 0.6 is 0 Å². The van der Waals surface area contributed by atoms with Gasteiger partial charge in [0.15, 0.2) is 0 Å². The third-order valence-electron chi connectivity index (χ3n) is 4.94. The monoisotopic (exact) mass is 391 g/mol. The standard InChI is InChI=1S/C22H22FN5O/c23-19-8-1-2-9-20(19)26-21-18(7-5-11-25-21)22(29)28-14-12-27(13-15-28)16-17-6-3-4-10-24-17/h1-11H,12-16H2,(H,25,26). The molecule has 0 bridgehead atoms. The van der Waals surface area contributed by atoms with Gasteiger partial charge in [0, 0.05) is 45.1 Å². The summed E-state index contributed by atoms with van der Waals surface area (Å²) in [4.78, 5) is 25.8. The molecule has 7 heteroatoms. The Kier molecular flexibility index (Phi) is 5.76. The molecule has 3 heterocycles. The van der Waals surface area contributed by atoms with Crippen molar-refractivity contribution in [1.82, 2.24) is 19.8 Å². The lowest BCUT2D eigenvalue weighted by molar-refractivity contribution is 0.0627. The van der Waals surface area contributed by atoms with Gasteiger partial charge in [-0.25, -0.2) is 9.37 Å². The molecular formula is C22H22FN5O. The highest BCUT2D eigenvalue weighted by Crippen LogP contribution is 2.22. The predicted octanol–water partition coefficient (Wildman–Crippen LogP) is 3.32. The van der Waals surface area contributed by atoms with Crippen molar-refractivity contribution in [1.29, 1.82) is 0 Å². The van der Waals surface area contributed by atoms with Crippen LogP contribution in [0.25, 0.3) is 0 Å². The fourth-order valence-electron chi connectivity index (χ4n) is 3.37. The van der Waals surface area contributed by atoms with Crippen molar-refractivity contribution in [2.24, 2.45) is 0 Å². The van der Waals surface area contributed by atoms with Crippen LogP contribution in [0.4, 0.5) is 15.9 Å². The van der Waals surface area contributed by atoms with Gasteiger partial charge in [-0.2, -0.15) is 0 Å². The summed E-state index contributed by atoms with van der Waals surface area (Å²) in [6, 6.07) is 15.7. The Morgan fingerprint density at radius 1 is 0.931 bits per heavy atom. The quantitative estimate of drug-likeness (QED) is 0.723. The first-order valence-electron chi connectivity index (χ1n) is 9.59. The minimum absolute atomic E-state index is 0.102. The number of rotatable bonds is 5. The lowest BCUT2D eigenvalue weighted by atomic mass is 10.2. The van der Waals surface area contributed by atoms with Crippen LogP contribution in [0.2, 0.25) is 0 Å². The molecule has 148 valence electrons. The van der Waals surface area contributed by atoms with Gasteiger partial charge in [-0.3, -0.25) is 14.7 Å². The summed E-state index contributed by atoms with van der Waals surface area (Å²) < 4.78 is 14.0. The highest BCUT2D eigenvalue weighted by molar-refractivity contribution is 5.99. The van der Waals surface area contributed by atoms with E-state index in [4.69, 9.17) is 0 Å². The molecule has 0 atom stereocenters. The van der Waals surface area contributed by atoms with Crippen molar-refractivity contribution in [3.05, 3.63) is 84.1 Å². The van der Waals surface area contributed by atoms with Crippen molar-refractivity contribution in [2.75, 3.05) is 31.5 Å². The molecule has 0 aliphatic carbocycles. The third kappa shape index (κ3) is 4.57. The molecule has 6 nitrogen and oxygen atoms in total. The number of hydrogen-bond acceptors (Lipinski definition) is 5. The number of nitrogens with zero attached hydrogens (tertiary/aromatic N) is 4. The molecule has 0 radical (unpaired) electrons. The van der Waals surface area contributed by atoms with Crippen LogP contribution in [-0.2, 0) is 6.54 Å². The smallest absolute Gasteiger partial charge is 0.257 e. The predicted molar refractivity (Wildman–Crippen MR) is 109 cm³/mol. The SMILES string of the molecule is O=C(c1cccnc1Nc1ccccc1F)N1CCN(Cc2ccccn2)CC1. The maximum absolute atomic E-state index is 14.0. The van der Waals surface area contributed by atoms with Crippen LogP contribution in [0.5, 0.6) is 0 Å². The van der Waals surface area contributed by atoms with E-state index in [1.54, 1.807) is 42.7 Å². The number of benzene rings is 1. The molecular weight excluding hydrogens is 369 g/mol. The molecule has 0 spiro atoms. The molecule has 0 unspecified atom stereocenters. The van der Waals surface area contributed by atoms with Crippen molar-refractivity contribution in [3.8, 4) is 0 Å². The van der Waals surface area contributed by atoms with E-state index in [9.17, 15) is 9.18 Å². The average molecular weight is 391 g/mol. The van der Waals surface area contributed by atoms with E-state index in [2.05, 4.69) is 20.2 Å². The summed E-state index contributed by atoms with van der Waals surface area (Å²) in [6.07, 6.45) is 3.38. The molecule has 0 saturated carbocycles. The fourth-order valence-corrected chi connectivity index (χ4v) is 3.37. The van der Waals surface area contributed by atoms with Gasteiger partial charge in [0.05, 0.1) is 16.9 Å². The maximum Gasteiger partial charge on any atom is 0.257 e. The number of carbonyl (C=O) groups is 1. The molecule has 29 heavy (non-hydrogen) atoms. The number of pyridine rings is 2. The number of carbonyl (C=O) groups excluding carboxylic acids is 1. The lowest BCUT2D eigenvalue weighted by Gasteiger charge is -2.34. The number of para-hydroxylation sites is 1. The second-order valence-corrected chi connectivity index (χ2v) is 6.89. The van der Waals surface area contributed by atoms with Crippen LogP contribution in [0.1, 0.15) is 16.1 Å². The Labute approximate surface area is 169 Å². The Morgan fingerprint density at radius 3 is 2.45 bits per heavy atom. The normalized spacial score (nSPS) is 14.6. The first-order valence-corrected chi connectivity index (χ1v) is 9.59. The highest BCUT2D eigenvalue weighted by atomic mass is 19.1. The molecule has 1 aromatic carbocycles. The van der Waals surface area contributed by atoms with E-state index in [1.807, 2.05) is 23.1 Å². The zero-order valence-electron chi connectivity index (χ0n) is 16.0. The Morgan fingerprint density at radius 2 is 1.69 bits per heavy atom. The molecule has 2 aromatic heterocycles. The van der Waals surface area contributed by atoms with E-state index in [-0.39, 0.29) is 11.7 Å². The van der Waals surface area contributed by atoms with Crippen LogP contribution in [0, 0.1) is 5.82 Å². The first-order chi connectivity index (χ1) is 14.2. The summed E-state index contributed by atoms with van der Waals surface area (Å²) in [5, 5.41) is 2.95. The maximum atomic E-state index is 14.0. The van der Waals surface area contributed by atoms with E-state index in [0.29, 0.717) is 30.2 Å². The molecule has 1 fully saturated rings. The number of amides is 1. The molecule has 1 amide bonds. The van der Waals surface area contributed by atoms with Gasteiger partial charge in [-0.15, -0.1) is 0 Å². The van der Waals surface area contributed by atoms with Gasteiger partial charge in [0.2, 0.25) is 0 Å². The summed E-state index contributed by atoms with van der Waals surface area (Å²) in [7, 11) is 0. The molecule has 1 N–H and O–H groups in total. The van der Waals surface area contributed by atoms with E-state index in [0.717, 1.165) is 25.3 Å². The summed E-state index contributed by atoms with van der Waals surface area (Å²) >= 11 is 0. The van der Waals surface area contributed by atoms with Gasteiger partial charge < -0.3 is 10.2 Å². The minimum Gasteiger partial charge on any atom is -0.337 e. The summed E-state index contributed by atoms with van der Waals surface area (Å²) in [6.45, 7) is 3.58. The number of hydrogen-bond donors (Lipinski definition) is 1. The number of nitrogens with one attached hydrogen (secondary N) is 1. The topological polar surface area (TPSA) is 61.4 Å². The van der Waals surface area contributed by atoms with Gasteiger partial charge in [-0.05, 0) is 36.4 Å².